The van der Waals surface area contributed by atoms with Gasteiger partial charge in [-0.15, -0.1) is 0 Å². The molecule has 0 radical (unpaired) electrons. The summed E-state index contributed by atoms with van der Waals surface area (Å²) in [6.45, 7) is 2.05. The van der Waals surface area contributed by atoms with Crippen LogP contribution in [0.4, 0.5) is 35.3 Å². The van der Waals surface area contributed by atoms with E-state index < -0.39 is 30.0 Å². The predicted molar refractivity (Wildman–Crippen MR) is 109 cm³/mol. The average molecular weight is 500 g/mol. The fraction of sp³-hybridized carbons (Fsp3) is 0.389. The number of alkyl halides is 3. The Bertz CT molecular complexity index is 1040. The number of pyridine rings is 1. The van der Waals surface area contributed by atoms with Crippen molar-refractivity contribution in [1.82, 2.24) is 20.3 Å². The van der Waals surface area contributed by atoms with Gasteiger partial charge in [-0.05, 0) is 25.5 Å². The Morgan fingerprint density at radius 3 is 2.81 bits per heavy atom. The molecule has 0 aliphatic carbocycles. The number of nitrogens with zero attached hydrogens (tertiary/aromatic N) is 5. The van der Waals surface area contributed by atoms with Gasteiger partial charge in [0.1, 0.15) is 11.9 Å². The quantitative estimate of drug-likeness (QED) is 0.672. The lowest BCUT2D eigenvalue weighted by molar-refractivity contribution is -0.149. The smallest absolute Gasteiger partial charge is 0.365 e. The van der Waals surface area contributed by atoms with Crippen molar-refractivity contribution in [2.45, 2.75) is 31.6 Å². The third-order valence-corrected chi connectivity index (χ3v) is 5.56. The van der Waals surface area contributed by atoms with Crippen LogP contribution in [-0.4, -0.2) is 58.2 Å². The summed E-state index contributed by atoms with van der Waals surface area (Å²) in [5, 5.41) is 4.53. The number of fused-ring (bicyclic) bond motifs is 4. The standard InChI is InChI=1S/C18H17BrF3N7O2/c1-9(18(20,21)22)25-16(30)14-24-7-12-15(27-14)29(11-3-5-28(12)8-11)17(31)26-13-6-10(19)2-4-23-13/h2,4,6-7,9,11H,3,5,8H2,1H3,(H,25,30)(H,23,26,31)/t9?,11-/m0/s1. The summed E-state index contributed by atoms with van der Waals surface area (Å²) >= 11 is 3.31. The monoisotopic (exact) mass is 499 g/mol. The number of amides is 3. The number of carbonyl (C=O) groups excluding carboxylic acids is 2. The summed E-state index contributed by atoms with van der Waals surface area (Å²) in [6, 6.07) is 0.551. The van der Waals surface area contributed by atoms with Crippen LogP contribution in [0.5, 0.6) is 0 Å². The van der Waals surface area contributed by atoms with E-state index in [-0.39, 0.29) is 11.9 Å². The van der Waals surface area contributed by atoms with Crippen LogP contribution in [0.15, 0.2) is 29.0 Å². The molecule has 164 valence electrons. The first kappa shape index (κ1) is 21.3. The molecule has 2 bridgehead atoms. The van der Waals surface area contributed by atoms with Gasteiger partial charge in [0.2, 0.25) is 5.82 Å². The van der Waals surface area contributed by atoms with Crippen LogP contribution in [-0.2, 0) is 0 Å². The first-order chi connectivity index (χ1) is 14.6. The van der Waals surface area contributed by atoms with E-state index in [1.165, 1.54) is 17.3 Å². The van der Waals surface area contributed by atoms with Crippen molar-refractivity contribution >= 4 is 45.2 Å². The summed E-state index contributed by atoms with van der Waals surface area (Å²) in [5.41, 5.74) is 0.534. The molecule has 0 saturated carbocycles. The van der Waals surface area contributed by atoms with E-state index >= 15 is 0 Å². The zero-order chi connectivity index (χ0) is 22.3. The largest absolute Gasteiger partial charge is 0.408 e. The number of hydrogen-bond donors (Lipinski definition) is 2. The Balaban J connectivity index is 1.63. The molecule has 1 saturated heterocycles. The Kier molecular flexibility index (Phi) is 5.45. The van der Waals surface area contributed by atoms with Gasteiger partial charge in [-0.2, -0.15) is 13.2 Å². The van der Waals surface area contributed by atoms with Gasteiger partial charge in [0, 0.05) is 23.8 Å². The molecule has 2 aliphatic rings. The van der Waals surface area contributed by atoms with E-state index in [1.807, 2.05) is 10.2 Å². The highest BCUT2D eigenvalue weighted by atomic mass is 79.9. The van der Waals surface area contributed by atoms with Crippen LogP contribution in [0.25, 0.3) is 0 Å². The van der Waals surface area contributed by atoms with E-state index in [0.29, 0.717) is 31.0 Å². The molecule has 2 atom stereocenters. The topological polar surface area (TPSA) is 103 Å². The van der Waals surface area contributed by atoms with Crippen LogP contribution < -0.4 is 20.4 Å². The van der Waals surface area contributed by atoms with Crippen molar-refractivity contribution in [3.63, 3.8) is 0 Å². The maximum absolute atomic E-state index is 13.1. The predicted octanol–water partition coefficient (Wildman–Crippen LogP) is 2.95. The lowest BCUT2D eigenvalue weighted by Crippen LogP contribution is -2.49. The molecule has 2 N–H and O–H groups in total. The average Bonchev–Trinajstić information content (AvgIpc) is 3.11. The van der Waals surface area contributed by atoms with E-state index in [9.17, 15) is 22.8 Å². The molecule has 0 aromatic carbocycles. The second kappa shape index (κ2) is 7.94. The van der Waals surface area contributed by atoms with E-state index in [0.717, 1.165) is 11.4 Å². The summed E-state index contributed by atoms with van der Waals surface area (Å²) in [6.07, 6.45) is -1.05. The second-order valence-electron chi connectivity index (χ2n) is 7.19. The SMILES string of the molecule is CC(NC(=O)c1ncc2c(n1)N(C(=O)Nc1cc(Br)ccn1)[C@H]1CCN2C1)C(F)(F)F. The lowest BCUT2D eigenvalue weighted by Gasteiger charge is -2.35. The Morgan fingerprint density at radius 2 is 2.10 bits per heavy atom. The minimum atomic E-state index is -4.60. The zero-order valence-corrected chi connectivity index (χ0v) is 17.7. The number of aromatic nitrogens is 3. The third kappa shape index (κ3) is 4.27. The molecule has 4 heterocycles. The minimum absolute atomic E-state index is 0.168. The maximum atomic E-state index is 13.1. The van der Waals surface area contributed by atoms with Gasteiger partial charge in [0.05, 0.1) is 17.9 Å². The summed E-state index contributed by atoms with van der Waals surface area (Å²) in [4.78, 5) is 40.9. The van der Waals surface area contributed by atoms with Crippen molar-refractivity contribution in [2.75, 3.05) is 28.2 Å². The summed E-state index contributed by atoms with van der Waals surface area (Å²) in [7, 11) is 0. The highest BCUT2D eigenvalue weighted by molar-refractivity contribution is 9.10. The maximum Gasteiger partial charge on any atom is 0.408 e. The van der Waals surface area contributed by atoms with E-state index in [4.69, 9.17) is 0 Å². The number of hydrogen-bond acceptors (Lipinski definition) is 6. The zero-order valence-electron chi connectivity index (χ0n) is 16.1. The molecule has 31 heavy (non-hydrogen) atoms. The third-order valence-electron chi connectivity index (χ3n) is 5.06. The summed E-state index contributed by atoms with van der Waals surface area (Å²) < 4.78 is 39.1. The van der Waals surface area contributed by atoms with Crippen molar-refractivity contribution in [3.05, 3.63) is 34.8 Å². The molecule has 0 spiro atoms. The Morgan fingerprint density at radius 1 is 1.32 bits per heavy atom. The van der Waals surface area contributed by atoms with Gasteiger partial charge in [-0.25, -0.2) is 19.7 Å². The van der Waals surface area contributed by atoms with Crippen molar-refractivity contribution < 1.29 is 22.8 Å². The van der Waals surface area contributed by atoms with E-state index in [2.05, 4.69) is 36.2 Å². The first-order valence-corrected chi connectivity index (χ1v) is 10.1. The highest BCUT2D eigenvalue weighted by Gasteiger charge is 2.42. The molecule has 3 amide bonds. The first-order valence-electron chi connectivity index (χ1n) is 9.35. The highest BCUT2D eigenvalue weighted by Crippen LogP contribution is 2.38. The molecule has 1 unspecified atom stereocenters. The fourth-order valence-corrected chi connectivity index (χ4v) is 3.80. The van der Waals surface area contributed by atoms with Gasteiger partial charge in [0.15, 0.2) is 5.82 Å². The molecule has 4 rings (SSSR count). The van der Waals surface area contributed by atoms with Crippen LogP contribution in [0.1, 0.15) is 24.0 Å². The number of rotatable bonds is 3. The van der Waals surface area contributed by atoms with Gasteiger partial charge < -0.3 is 10.2 Å². The molecule has 2 aromatic rings. The number of anilines is 3. The Hall–Kier alpha value is -2.96. The van der Waals surface area contributed by atoms with Crippen molar-refractivity contribution in [1.29, 1.82) is 0 Å². The number of halogens is 4. The van der Waals surface area contributed by atoms with Crippen molar-refractivity contribution in [2.24, 2.45) is 0 Å². The molecular formula is C18H17BrF3N7O2. The number of urea groups is 1. The minimum Gasteiger partial charge on any atom is -0.365 e. The lowest BCUT2D eigenvalue weighted by atomic mass is 10.2. The van der Waals surface area contributed by atoms with Crippen LogP contribution in [0.3, 0.4) is 0 Å². The molecule has 1 fully saturated rings. The summed E-state index contributed by atoms with van der Waals surface area (Å²) in [5.74, 6) is -1.04. The Labute approximate surface area is 183 Å². The van der Waals surface area contributed by atoms with Gasteiger partial charge in [-0.1, -0.05) is 15.9 Å². The normalized spacial score (nSPS) is 18.4. The fourth-order valence-electron chi connectivity index (χ4n) is 3.47. The molecule has 13 heteroatoms. The van der Waals surface area contributed by atoms with E-state index in [1.54, 1.807) is 12.1 Å². The number of nitrogens with one attached hydrogen (secondary N) is 2. The number of carbonyl (C=O) groups is 2. The molecule has 2 aliphatic heterocycles. The van der Waals surface area contributed by atoms with Crippen molar-refractivity contribution in [3.8, 4) is 0 Å². The molecule has 2 aromatic heterocycles. The van der Waals surface area contributed by atoms with Gasteiger partial charge >= 0.3 is 12.2 Å². The van der Waals surface area contributed by atoms with Crippen LogP contribution >= 0.6 is 15.9 Å². The van der Waals surface area contributed by atoms with Crippen LogP contribution in [0.2, 0.25) is 0 Å². The van der Waals surface area contributed by atoms with Gasteiger partial charge in [0.25, 0.3) is 5.91 Å². The second-order valence-corrected chi connectivity index (χ2v) is 8.10. The molecular weight excluding hydrogens is 483 g/mol. The molecule has 9 nitrogen and oxygen atoms in total. The van der Waals surface area contributed by atoms with Crippen LogP contribution in [0, 0.1) is 0 Å². The van der Waals surface area contributed by atoms with Gasteiger partial charge in [-0.3, -0.25) is 15.0 Å².